The lowest BCUT2D eigenvalue weighted by Crippen LogP contribution is -2.36. The average molecular weight is 239 g/mol. The number of methoxy groups -OCH3 is 2. The van der Waals surface area contributed by atoms with Crippen LogP contribution in [0.2, 0.25) is 0 Å². The number of nitrogens with two attached hydrogens (primary N) is 1. The van der Waals surface area contributed by atoms with Crippen LogP contribution in [0.3, 0.4) is 0 Å². The van der Waals surface area contributed by atoms with Gasteiger partial charge in [0.25, 0.3) is 0 Å². The van der Waals surface area contributed by atoms with E-state index in [1.54, 1.807) is 0 Å². The Morgan fingerprint density at radius 3 is 2.82 bits per heavy atom. The summed E-state index contributed by atoms with van der Waals surface area (Å²) >= 11 is 0. The van der Waals surface area contributed by atoms with Crippen molar-refractivity contribution < 1.29 is 18.7 Å². The smallest absolute Gasteiger partial charge is 0.326 e. The van der Waals surface area contributed by atoms with Crippen molar-refractivity contribution in [3.63, 3.8) is 0 Å². The van der Waals surface area contributed by atoms with Crippen molar-refractivity contribution in [3.8, 4) is 5.75 Å². The lowest BCUT2D eigenvalue weighted by molar-refractivity contribution is -0.143. The van der Waals surface area contributed by atoms with Gasteiger partial charge < -0.3 is 15.2 Å². The predicted molar refractivity (Wildman–Crippen MR) is 59.2 cm³/mol. The molecule has 0 heterocycles. The standard InChI is InChI=1S/C12H14FNO3/c1-16-10-4-3-7(13)5-8(10)9-6-12(9,14)11(15)17-2/h3-5,9H,6,14H2,1-2H3. The number of halogens is 1. The third kappa shape index (κ3) is 1.86. The van der Waals surface area contributed by atoms with Gasteiger partial charge in [0.1, 0.15) is 17.1 Å². The summed E-state index contributed by atoms with van der Waals surface area (Å²) in [6.07, 6.45) is 0.444. The molecule has 1 aliphatic carbocycles. The summed E-state index contributed by atoms with van der Waals surface area (Å²) in [5.74, 6) is -0.568. The van der Waals surface area contributed by atoms with Crippen LogP contribution in [0.4, 0.5) is 4.39 Å². The Hall–Kier alpha value is -1.62. The van der Waals surface area contributed by atoms with E-state index in [0.29, 0.717) is 17.7 Å². The minimum absolute atomic E-state index is 0.249. The minimum atomic E-state index is -1.05. The SMILES string of the molecule is COC(=O)C1(N)CC1c1cc(F)ccc1OC. The summed E-state index contributed by atoms with van der Waals surface area (Å²) in [4.78, 5) is 11.5. The monoisotopic (exact) mass is 239 g/mol. The van der Waals surface area contributed by atoms with E-state index in [9.17, 15) is 9.18 Å². The molecule has 1 saturated carbocycles. The van der Waals surface area contributed by atoms with Gasteiger partial charge in [-0.2, -0.15) is 0 Å². The molecule has 17 heavy (non-hydrogen) atoms. The molecule has 4 nitrogen and oxygen atoms in total. The molecule has 1 aromatic carbocycles. The topological polar surface area (TPSA) is 61.5 Å². The van der Waals surface area contributed by atoms with Crippen LogP contribution < -0.4 is 10.5 Å². The van der Waals surface area contributed by atoms with Gasteiger partial charge in [0.15, 0.2) is 0 Å². The molecule has 0 saturated heterocycles. The molecule has 1 fully saturated rings. The third-order valence-electron chi connectivity index (χ3n) is 3.14. The normalized spacial score (nSPS) is 26.5. The maximum Gasteiger partial charge on any atom is 0.326 e. The lowest BCUT2D eigenvalue weighted by Gasteiger charge is -2.11. The van der Waals surface area contributed by atoms with Gasteiger partial charge in [-0.05, 0) is 24.6 Å². The van der Waals surface area contributed by atoms with Crippen molar-refractivity contribution >= 4 is 5.97 Å². The zero-order valence-electron chi connectivity index (χ0n) is 9.70. The molecule has 0 amide bonds. The molecular weight excluding hydrogens is 225 g/mol. The van der Waals surface area contributed by atoms with Crippen LogP contribution in [0.5, 0.6) is 5.75 Å². The third-order valence-corrected chi connectivity index (χ3v) is 3.14. The first-order chi connectivity index (χ1) is 8.02. The summed E-state index contributed by atoms with van der Waals surface area (Å²) in [5.41, 5.74) is 5.46. The number of ether oxygens (including phenoxy) is 2. The first-order valence-corrected chi connectivity index (χ1v) is 5.23. The van der Waals surface area contributed by atoms with Gasteiger partial charge in [0.2, 0.25) is 0 Å². The summed E-state index contributed by atoms with van der Waals surface area (Å²) in [7, 11) is 2.78. The van der Waals surface area contributed by atoms with Crippen molar-refractivity contribution in [1.29, 1.82) is 0 Å². The van der Waals surface area contributed by atoms with E-state index in [-0.39, 0.29) is 11.7 Å². The summed E-state index contributed by atoms with van der Waals surface area (Å²) < 4.78 is 23.0. The Labute approximate surface area is 98.5 Å². The maximum absolute atomic E-state index is 13.2. The second-order valence-corrected chi connectivity index (χ2v) is 4.17. The predicted octanol–water partition coefficient (Wildman–Crippen LogP) is 1.19. The fourth-order valence-corrected chi connectivity index (χ4v) is 2.06. The molecule has 0 aliphatic heterocycles. The van der Waals surface area contributed by atoms with Crippen LogP contribution >= 0.6 is 0 Å². The van der Waals surface area contributed by atoms with E-state index in [2.05, 4.69) is 4.74 Å². The van der Waals surface area contributed by atoms with E-state index < -0.39 is 11.5 Å². The molecular formula is C12H14FNO3. The number of hydrogen-bond acceptors (Lipinski definition) is 4. The van der Waals surface area contributed by atoms with Crippen LogP contribution in [0, 0.1) is 5.82 Å². The Balaban J connectivity index is 2.31. The number of esters is 1. The summed E-state index contributed by atoms with van der Waals surface area (Å²) in [6, 6.07) is 4.18. The molecule has 1 aliphatic rings. The van der Waals surface area contributed by atoms with Gasteiger partial charge in [0, 0.05) is 11.5 Å². The fraction of sp³-hybridized carbons (Fsp3) is 0.417. The van der Waals surface area contributed by atoms with Gasteiger partial charge in [-0.25, -0.2) is 4.39 Å². The Morgan fingerprint density at radius 2 is 2.24 bits per heavy atom. The number of rotatable bonds is 3. The van der Waals surface area contributed by atoms with Gasteiger partial charge >= 0.3 is 5.97 Å². The van der Waals surface area contributed by atoms with E-state index in [4.69, 9.17) is 10.5 Å². The minimum Gasteiger partial charge on any atom is -0.496 e. The molecule has 0 aromatic heterocycles. The second kappa shape index (κ2) is 4.00. The molecule has 0 radical (unpaired) electrons. The fourth-order valence-electron chi connectivity index (χ4n) is 2.06. The second-order valence-electron chi connectivity index (χ2n) is 4.17. The maximum atomic E-state index is 13.2. The van der Waals surface area contributed by atoms with Crippen LogP contribution in [-0.4, -0.2) is 25.7 Å². The van der Waals surface area contributed by atoms with Crippen molar-refractivity contribution in [2.45, 2.75) is 17.9 Å². The number of carbonyl (C=O) groups is 1. The molecule has 2 rings (SSSR count). The molecule has 2 atom stereocenters. The Bertz CT molecular complexity index is 463. The molecule has 1 aromatic rings. The lowest BCUT2D eigenvalue weighted by atomic mass is 10.1. The molecule has 2 N–H and O–H groups in total. The zero-order chi connectivity index (χ0) is 12.6. The summed E-state index contributed by atoms with van der Waals surface area (Å²) in [6.45, 7) is 0. The van der Waals surface area contributed by atoms with Crippen molar-refractivity contribution in [2.75, 3.05) is 14.2 Å². The van der Waals surface area contributed by atoms with E-state index >= 15 is 0 Å². The first kappa shape index (κ1) is 11.9. The summed E-state index contributed by atoms with van der Waals surface area (Å²) in [5, 5.41) is 0. The van der Waals surface area contributed by atoms with E-state index in [0.717, 1.165) is 0 Å². The van der Waals surface area contributed by atoms with Crippen molar-refractivity contribution in [3.05, 3.63) is 29.6 Å². The average Bonchev–Trinajstić information content (AvgIpc) is 3.02. The van der Waals surface area contributed by atoms with E-state index in [1.807, 2.05) is 0 Å². The highest BCUT2D eigenvalue weighted by Crippen LogP contribution is 2.52. The molecule has 2 unspecified atom stereocenters. The van der Waals surface area contributed by atoms with Gasteiger partial charge in [0.05, 0.1) is 14.2 Å². The Kier molecular flexibility index (Phi) is 2.79. The Morgan fingerprint density at radius 1 is 1.53 bits per heavy atom. The van der Waals surface area contributed by atoms with Gasteiger partial charge in [-0.15, -0.1) is 0 Å². The van der Waals surface area contributed by atoms with Crippen LogP contribution in [0.15, 0.2) is 18.2 Å². The molecule has 0 bridgehead atoms. The zero-order valence-corrected chi connectivity index (χ0v) is 9.70. The van der Waals surface area contributed by atoms with Crippen molar-refractivity contribution in [1.82, 2.24) is 0 Å². The number of benzene rings is 1. The largest absolute Gasteiger partial charge is 0.496 e. The first-order valence-electron chi connectivity index (χ1n) is 5.23. The van der Waals surface area contributed by atoms with Crippen LogP contribution in [0.1, 0.15) is 17.9 Å². The van der Waals surface area contributed by atoms with Gasteiger partial charge in [-0.1, -0.05) is 0 Å². The highest BCUT2D eigenvalue weighted by Gasteiger charge is 2.59. The number of hydrogen-bond donors (Lipinski definition) is 1. The quantitative estimate of drug-likeness (QED) is 0.805. The van der Waals surface area contributed by atoms with Crippen LogP contribution in [-0.2, 0) is 9.53 Å². The highest BCUT2D eigenvalue weighted by molar-refractivity contribution is 5.86. The molecule has 0 spiro atoms. The molecule has 92 valence electrons. The van der Waals surface area contributed by atoms with E-state index in [1.165, 1.54) is 32.4 Å². The van der Waals surface area contributed by atoms with Gasteiger partial charge in [-0.3, -0.25) is 4.79 Å². The molecule has 5 heteroatoms. The van der Waals surface area contributed by atoms with Crippen LogP contribution in [0.25, 0.3) is 0 Å². The highest BCUT2D eigenvalue weighted by atomic mass is 19.1. The number of carbonyl (C=O) groups excluding carboxylic acids is 1. The van der Waals surface area contributed by atoms with Crippen molar-refractivity contribution in [2.24, 2.45) is 5.73 Å².